The number of hydrogen-bond acceptors (Lipinski definition) is 2. The Hall–Kier alpha value is -1.84. The van der Waals surface area contributed by atoms with Crippen LogP contribution in [-0.2, 0) is 21.5 Å². The van der Waals surface area contributed by atoms with Crippen LogP contribution in [0.25, 0.3) is 0 Å². The van der Waals surface area contributed by atoms with Crippen LogP contribution >= 0.6 is 0 Å². The molecule has 0 fully saturated rings. The fourth-order valence-electron chi connectivity index (χ4n) is 1.58. The molecule has 0 spiro atoms. The van der Waals surface area contributed by atoms with Gasteiger partial charge in [-0.1, -0.05) is 45.0 Å². The summed E-state index contributed by atoms with van der Waals surface area (Å²) in [7, 11) is 0. The molecule has 0 bridgehead atoms. The number of carbonyl (C=O) groups excluding carboxylic acids is 1. The van der Waals surface area contributed by atoms with E-state index in [-0.39, 0.29) is 5.41 Å². The normalized spacial score (nSPS) is 12.8. The van der Waals surface area contributed by atoms with Crippen molar-refractivity contribution in [3.63, 3.8) is 0 Å². The highest BCUT2D eigenvalue weighted by Gasteiger charge is 2.19. The van der Waals surface area contributed by atoms with Gasteiger partial charge in [0.1, 0.15) is 5.92 Å². The van der Waals surface area contributed by atoms with Crippen LogP contribution in [0, 0.1) is 5.92 Å². The molecule has 0 aromatic heterocycles. The summed E-state index contributed by atoms with van der Waals surface area (Å²) < 4.78 is 0. The van der Waals surface area contributed by atoms with Crippen molar-refractivity contribution < 1.29 is 14.7 Å². The summed E-state index contributed by atoms with van der Waals surface area (Å²) in [6, 6.07) is 7.96. The van der Waals surface area contributed by atoms with E-state index in [4.69, 9.17) is 5.11 Å². The van der Waals surface area contributed by atoms with Gasteiger partial charge in [0.15, 0.2) is 0 Å². The van der Waals surface area contributed by atoms with E-state index in [1.807, 2.05) is 24.3 Å². The van der Waals surface area contributed by atoms with Crippen molar-refractivity contribution in [1.82, 2.24) is 5.32 Å². The highest BCUT2D eigenvalue weighted by Crippen LogP contribution is 2.22. The molecule has 1 atom stereocenters. The molecule has 0 aliphatic carbocycles. The van der Waals surface area contributed by atoms with Gasteiger partial charge in [-0.05, 0) is 23.5 Å². The lowest BCUT2D eigenvalue weighted by molar-refractivity contribution is -0.146. The fourth-order valence-corrected chi connectivity index (χ4v) is 1.58. The maximum atomic E-state index is 11.5. The molecule has 19 heavy (non-hydrogen) atoms. The first-order chi connectivity index (χ1) is 8.71. The summed E-state index contributed by atoms with van der Waals surface area (Å²) in [6.07, 6.45) is 0. The van der Waals surface area contributed by atoms with E-state index in [1.165, 1.54) is 12.5 Å². The van der Waals surface area contributed by atoms with Gasteiger partial charge in [-0.25, -0.2) is 0 Å². The summed E-state index contributed by atoms with van der Waals surface area (Å²) in [6.45, 7) is 8.14. The van der Waals surface area contributed by atoms with E-state index in [1.54, 1.807) is 0 Å². The molecule has 4 nitrogen and oxygen atoms in total. The van der Waals surface area contributed by atoms with E-state index in [0.29, 0.717) is 6.54 Å². The Morgan fingerprint density at radius 2 is 1.74 bits per heavy atom. The van der Waals surface area contributed by atoms with E-state index in [9.17, 15) is 9.59 Å². The second-order valence-electron chi connectivity index (χ2n) is 5.72. The molecule has 1 rings (SSSR count). The topological polar surface area (TPSA) is 66.4 Å². The number of carboxylic acids is 1. The van der Waals surface area contributed by atoms with E-state index >= 15 is 0 Å². The van der Waals surface area contributed by atoms with Gasteiger partial charge in [-0.3, -0.25) is 9.59 Å². The molecule has 0 heterocycles. The van der Waals surface area contributed by atoms with Gasteiger partial charge in [0.2, 0.25) is 5.91 Å². The summed E-state index contributed by atoms with van der Waals surface area (Å²) >= 11 is 0. The quantitative estimate of drug-likeness (QED) is 0.819. The maximum Gasteiger partial charge on any atom is 0.315 e. The first-order valence-corrected chi connectivity index (χ1v) is 6.32. The summed E-state index contributed by atoms with van der Waals surface area (Å²) in [4.78, 5) is 22.1. The Kier molecular flexibility index (Phi) is 4.70. The van der Waals surface area contributed by atoms with Crippen molar-refractivity contribution in [1.29, 1.82) is 0 Å². The van der Waals surface area contributed by atoms with Crippen LogP contribution in [0.1, 0.15) is 38.8 Å². The van der Waals surface area contributed by atoms with E-state index < -0.39 is 17.8 Å². The molecule has 1 aromatic carbocycles. The number of rotatable bonds is 4. The predicted molar refractivity (Wildman–Crippen MR) is 73.8 cm³/mol. The van der Waals surface area contributed by atoms with Gasteiger partial charge in [-0.2, -0.15) is 0 Å². The zero-order valence-corrected chi connectivity index (χ0v) is 11.9. The van der Waals surface area contributed by atoms with Gasteiger partial charge in [0, 0.05) is 6.54 Å². The number of benzene rings is 1. The molecule has 0 aliphatic heterocycles. The highest BCUT2D eigenvalue weighted by atomic mass is 16.4. The SMILES string of the molecule is CC(C(=O)O)C(=O)NCc1ccc(C(C)(C)C)cc1. The standard InChI is InChI=1S/C15H21NO3/c1-10(14(18)19)13(17)16-9-11-5-7-12(8-6-11)15(2,3)4/h5-8,10H,9H2,1-4H3,(H,16,17)(H,18,19). The zero-order valence-electron chi connectivity index (χ0n) is 11.9. The molecule has 104 valence electrons. The summed E-state index contributed by atoms with van der Waals surface area (Å²) in [5.41, 5.74) is 2.28. The zero-order chi connectivity index (χ0) is 14.6. The second-order valence-corrected chi connectivity index (χ2v) is 5.72. The Bertz CT molecular complexity index is 457. The Morgan fingerprint density at radius 1 is 1.21 bits per heavy atom. The number of hydrogen-bond donors (Lipinski definition) is 2. The average Bonchev–Trinajstić information content (AvgIpc) is 2.34. The molecule has 0 radical (unpaired) electrons. The molecular formula is C15H21NO3. The third-order valence-electron chi connectivity index (χ3n) is 3.05. The van der Waals surface area contributed by atoms with Crippen LogP contribution in [0.4, 0.5) is 0 Å². The van der Waals surface area contributed by atoms with Gasteiger partial charge < -0.3 is 10.4 Å². The van der Waals surface area contributed by atoms with Crippen molar-refractivity contribution in [2.75, 3.05) is 0 Å². The van der Waals surface area contributed by atoms with Crippen LogP contribution in [0.15, 0.2) is 24.3 Å². The fraction of sp³-hybridized carbons (Fsp3) is 0.467. The minimum absolute atomic E-state index is 0.0968. The van der Waals surface area contributed by atoms with Gasteiger partial charge in [0.25, 0.3) is 0 Å². The first-order valence-electron chi connectivity index (χ1n) is 6.32. The highest BCUT2D eigenvalue weighted by molar-refractivity contribution is 5.96. The molecule has 1 unspecified atom stereocenters. The molecular weight excluding hydrogens is 242 g/mol. The molecule has 0 aliphatic rings. The number of aliphatic carboxylic acids is 1. The smallest absolute Gasteiger partial charge is 0.315 e. The lowest BCUT2D eigenvalue weighted by Gasteiger charge is -2.19. The van der Waals surface area contributed by atoms with Gasteiger partial charge in [0.05, 0.1) is 0 Å². The lowest BCUT2D eigenvalue weighted by atomic mass is 9.87. The van der Waals surface area contributed by atoms with Crippen molar-refractivity contribution in [2.45, 2.75) is 39.7 Å². The van der Waals surface area contributed by atoms with Crippen LogP contribution in [0.3, 0.4) is 0 Å². The molecule has 4 heteroatoms. The molecule has 0 saturated carbocycles. The van der Waals surface area contributed by atoms with E-state index in [0.717, 1.165) is 5.56 Å². The summed E-state index contributed by atoms with van der Waals surface area (Å²) in [5.74, 6) is -2.60. The van der Waals surface area contributed by atoms with Crippen LogP contribution in [0.2, 0.25) is 0 Å². The van der Waals surface area contributed by atoms with Crippen molar-refractivity contribution in [3.05, 3.63) is 35.4 Å². The number of carboxylic acid groups (broad SMARTS) is 1. The van der Waals surface area contributed by atoms with Crippen molar-refractivity contribution >= 4 is 11.9 Å². The Balaban J connectivity index is 2.60. The largest absolute Gasteiger partial charge is 0.481 e. The van der Waals surface area contributed by atoms with Crippen LogP contribution in [-0.4, -0.2) is 17.0 Å². The van der Waals surface area contributed by atoms with Crippen molar-refractivity contribution in [3.8, 4) is 0 Å². The molecule has 1 amide bonds. The molecule has 2 N–H and O–H groups in total. The van der Waals surface area contributed by atoms with Gasteiger partial charge >= 0.3 is 5.97 Å². The molecule has 1 aromatic rings. The van der Waals surface area contributed by atoms with Gasteiger partial charge in [-0.15, -0.1) is 0 Å². The predicted octanol–water partition coefficient (Wildman–Crippen LogP) is 2.32. The third-order valence-corrected chi connectivity index (χ3v) is 3.05. The van der Waals surface area contributed by atoms with Crippen LogP contribution < -0.4 is 5.32 Å². The second kappa shape index (κ2) is 5.87. The minimum Gasteiger partial charge on any atom is -0.481 e. The number of amides is 1. The lowest BCUT2D eigenvalue weighted by Crippen LogP contribution is -2.33. The number of carbonyl (C=O) groups is 2. The van der Waals surface area contributed by atoms with Crippen molar-refractivity contribution in [2.24, 2.45) is 5.92 Å². The monoisotopic (exact) mass is 263 g/mol. The Labute approximate surface area is 113 Å². The first kappa shape index (κ1) is 15.2. The maximum absolute atomic E-state index is 11.5. The number of nitrogens with one attached hydrogen (secondary N) is 1. The minimum atomic E-state index is -1.11. The third kappa shape index (κ3) is 4.39. The molecule has 0 saturated heterocycles. The van der Waals surface area contributed by atoms with E-state index in [2.05, 4.69) is 26.1 Å². The average molecular weight is 263 g/mol. The summed E-state index contributed by atoms with van der Waals surface area (Å²) in [5, 5.41) is 11.3. The van der Waals surface area contributed by atoms with Crippen LogP contribution in [0.5, 0.6) is 0 Å². The Morgan fingerprint density at radius 3 is 2.16 bits per heavy atom.